The molecule has 0 unspecified atom stereocenters. The lowest BCUT2D eigenvalue weighted by Gasteiger charge is -2.18. The molecule has 0 aliphatic heterocycles. The maximum atomic E-state index is 11.1. The van der Waals surface area contributed by atoms with Crippen molar-refractivity contribution in [2.45, 2.75) is 27.7 Å². The fraction of sp³-hybridized carbons (Fsp3) is 0.333. The molecule has 0 bridgehead atoms. The summed E-state index contributed by atoms with van der Waals surface area (Å²) in [6.45, 7) is 15.1. The molecule has 230 valence electrons. The van der Waals surface area contributed by atoms with Crippen molar-refractivity contribution < 1.29 is 39.1 Å². The minimum Gasteiger partial charge on any atom is -0.545 e. The van der Waals surface area contributed by atoms with Crippen LogP contribution in [-0.2, 0) is 0 Å². The van der Waals surface area contributed by atoms with Gasteiger partial charge in [-0.25, -0.2) is 0 Å². The van der Waals surface area contributed by atoms with Gasteiger partial charge in [0, 0.05) is 23.3 Å². The van der Waals surface area contributed by atoms with Crippen LogP contribution >= 0.6 is 0 Å². The van der Waals surface area contributed by atoms with Crippen LogP contribution in [0.15, 0.2) is 60.7 Å². The van der Waals surface area contributed by atoms with Crippen LogP contribution in [0.1, 0.15) is 70.7 Å². The van der Waals surface area contributed by atoms with Gasteiger partial charge in [0.05, 0.1) is 49.2 Å². The zero-order chi connectivity index (χ0) is 31.9. The van der Waals surface area contributed by atoms with Crippen molar-refractivity contribution in [2.24, 2.45) is 0 Å². The zero-order valence-electron chi connectivity index (χ0n) is 25.9. The lowest BCUT2D eigenvalue weighted by atomic mass is 10.1. The lowest BCUT2D eigenvalue weighted by molar-refractivity contribution is -0.896. The Morgan fingerprint density at radius 3 is 1.23 bits per heavy atom. The first-order valence-electron chi connectivity index (χ1n) is 15.0. The number of hydrogen-bond acceptors (Lipinski definition) is 6. The second-order valence-corrected chi connectivity index (χ2v) is 10.2. The predicted molar refractivity (Wildman–Crippen MR) is 165 cm³/mol. The summed E-state index contributed by atoms with van der Waals surface area (Å²) >= 11 is 0. The third kappa shape index (κ3) is 10.2. The molecule has 0 radical (unpaired) electrons. The molecule has 0 amide bonds. The highest BCUT2D eigenvalue weighted by molar-refractivity contribution is 5.86. The number of hydrogen-bond donors (Lipinski definition) is 2. The Morgan fingerprint density at radius 2 is 0.932 bits per heavy atom. The summed E-state index contributed by atoms with van der Waals surface area (Å²) in [6, 6.07) is 16.1. The van der Waals surface area contributed by atoms with E-state index < -0.39 is 11.9 Å². The van der Waals surface area contributed by atoms with Gasteiger partial charge in [0.1, 0.15) is 37.8 Å². The molecule has 0 fully saturated rings. The number of rotatable bonds is 14. The van der Waals surface area contributed by atoms with Crippen molar-refractivity contribution in [2.75, 3.05) is 52.5 Å². The smallest absolute Gasteiger partial charge is 0.137 e. The number of benzene rings is 3. The van der Waals surface area contributed by atoms with Crippen molar-refractivity contribution in [3.63, 3.8) is 0 Å². The highest BCUT2D eigenvalue weighted by Crippen LogP contribution is 2.29. The minimum atomic E-state index is -1.24. The Bertz CT molecular complexity index is 1400. The highest BCUT2D eigenvalue weighted by Gasteiger charge is 2.13. The summed E-state index contributed by atoms with van der Waals surface area (Å²) in [7, 11) is 0. The van der Waals surface area contributed by atoms with Crippen LogP contribution in [0, 0.1) is 23.7 Å². The molecule has 3 rings (SSSR count). The molecule has 2 N–H and O–H groups in total. The van der Waals surface area contributed by atoms with Crippen molar-refractivity contribution >= 4 is 11.9 Å². The molecule has 0 atom stereocenters. The number of ether oxygens (including phenoxy) is 2. The predicted octanol–water partition coefficient (Wildman–Crippen LogP) is -0.180. The van der Waals surface area contributed by atoms with Gasteiger partial charge in [0.25, 0.3) is 0 Å². The summed E-state index contributed by atoms with van der Waals surface area (Å²) < 4.78 is 12.5. The van der Waals surface area contributed by atoms with Gasteiger partial charge in [-0.05, 0) is 63.1 Å². The average Bonchev–Trinajstić information content (AvgIpc) is 3.04. The first-order chi connectivity index (χ1) is 21.3. The molecule has 0 aliphatic carbocycles. The van der Waals surface area contributed by atoms with E-state index in [4.69, 9.17) is 9.47 Å². The summed E-state index contributed by atoms with van der Waals surface area (Å²) in [5.74, 6) is 11.2. The second-order valence-electron chi connectivity index (χ2n) is 10.2. The maximum Gasteiger partial charge on any atom is 0.137 e. The minimum absolute atomic E-state index is 0.0849. The second kappa shape index (κ2) is 17.4. The number of carbonyl (C=O) groups excluding carboxylic acids is 2. The number of quaternary nitrogens is 2. The first kappa shape index (κ1) is 33.7. The van der Waals surface area contributed by atoms with E-state index in [1.807, 2.05) is 12.1 Å². The Labute approximate surface area is 260 Å². The summed E-state index contributed by atoms with van der Waals surface area (Å²) in [5.41, 5.74) is 2.70. The van der Waals surface area contributed by atoms with Crippen LogP contribution in [0.2, 0.25) is 0 Å². The quantitative estimate of drug-likeness (QED) is 0.250. The molecule has 0 saturated carbocycles. The summed E-state index contributed by atoms with van der Waals surface area (Å²) in [5, 5.41) is 22.3. The molecule has 0 aromatic heterocycles. The van der Waals surface area contributed by atoms with E-state index in [0.29, 0.717) is 47.0 Å². The standard InChI is InChI=1S/C36H40N2O6/c1-5-37(6-2)21-23-43-33-25-32(20-14-28-11-17-30(18-12-28)36(41)42)34(44-24-22-38(7-3)8-4)26-31(33)19-13-27-9-15-29(16-10-27)35(39)40/h9-12,15-18,25-26H,5-8,21-24H2,1-4H3,(H,39,40)(H,41,42). The van der Waals surface area contributed by atoms with Crippen LogP contribution in [0.3, 0.4) is 0 Å². The Balaban J connectivity index is 2.04. The van der Waals surface area contributed by atoms with Crippen molar-refractivity contribution in [1.82, 2.24) is 0 Å². The van der Waals surface area contributed by atoms with Gasteiger partial charge in [-0.2, -0.15) is 0 Å². The van der Waals surface area contributed by atoms with E-state index in [2.05, 4.69) is 51.4 Å². The third-order valence-corrected chi connectivity index (χ3v) is 7.43. The molecular formula is C36H40N2O6. The van der Waals surface area contributed by atoms with Gasteiger partial charge in [0.15, 0.2) is 0 Å². The summed E-state index contributed by atoms with van der Waals surface area (Å²) in [4.78, 5) is 25.1. The lowest BCUT2D eigenvalue weighted by Crippen LogP contribution is -3.12. The number of nitrogens with one attached hydrogen (secondary N) is 2. The van der Waals surface area contributed by atoms with Crippen molar-refractivity contribution in [3.05, 3.63) is 94.0 Å². The van der Waals surface area contributed by atoms with Gasteiger partial charge < -0.3 is 39.1 Å². The Kier molecular flexibility index (Phi) is 13.3. The van der Waals surface area contributed by atoms with E-state index in [1.54, 1.807) is 24.3 Å². The Morgan fingerprint density at radius 1 is 0.591 bits per heavy atom. The highest BCUT2D eigenvalue weighted by atomic mass is 16.5. The molecular weight excluding hydrogens is 556 g/mol. The number of aromatic carboxylic acids is 2. The monoisotopic (exact) mass is 596 g/mol. The Hall–Kier alpha value is -4.76. The fourth-order valence-electron chi connectivity index (χ4n) is 4.47. The molecule has 0 heterocycles. The molecule has 0 aliphatic rings. The SMILES string of the molecule is CC[NH+](CC)CCOc1cc(C#Cc2ccc(C(=O)[O-])cc2)c(OCC[NH+](CC)CC)cc1C#Cc1ccc(C(=O)[O-])cc1. The van der Waals surface area contributed by atoms with E-state index in [1.165, 1.54) is 34.1 Å². The molecule has 3 aromatic carbocycles. The molecule has 0 spiro atoms. The van der Waals surface area contributed by atoms with Gasteiger partial charge in [-0.15, -0.1) is 0 Å². The number of carboxylic acids is 2. The largest absolute Gasteiger partial charge is 0.545 e. The molecule has 0 saturated heterocycles. The van der Waals surface area contributed by atoms with Crippen LogP contribution in [0.25, 0.3) is 0 Å². The van der Waals surface area contributed by atoms with Crippen LogP contribution in [0.5, 0.6) is 11.5 Å². The van der Waals surface area contributed by atoms with E-state index >= 15 is 0 Å². The van der Waals surface area contributed by atoms with Crippen LogP contribution in [0.4, 0.5) is 0 Å². The topological polar surface area (TPSA) is 108 Å². The molecule has 44 heavy (non-hydrogen) atoms. The van der Waals surface area contributed by atoms with Crippen molar-refractivity contribution in [3.8, 4) is 35.2 Å². The van der Waals surface area contributed by atoms with Crippen molar-refractivity contribution in [1.29, 1.82) is 0 Å². The van der Waals surface area contributed by atoms with E-state index in [9.17, 15) is 19.8 Å². The molecule has 8 nitrogen and oxygen atoms in total. The van der Waals surface area contributed by atoms with Gasteiger partial charge in [-0.3, -0.25) is 0 Å². The number of carbonyl (C=O) groups is 2. The number of carboxylic acid groups (broad SMARTS) is 2. The zero-order valence-corrected chi connectivity index (χ0v) is 25.9. The van der Waals surface area contributed by atoms with Crippen LogP contribution in [-0.4, -0.2) is 64.4 Å². The van der Waals surface area contributed by atoms with E-state index in [-0.39, 0.29) is 11.1 Å². The third-order valence-electron chi connectivity index (χ3n) is 7.43. The molecule has 8 heteroatoms. The fourth-order valence-corrected chi connectivity index (χ4v) is 4.47. The normalized spacial score (nSPS) is 10.5. The van der Waals surface area contributed by atoms with Gasteiger partial charge in [-0.1, -0.05) is 47.9 Å². The average molecular weight is 597 g/mol. The van der Waals surface area contributed by atoms with Gasteiger partial charge in [0.2, 0.25) is 0 Å². The number of likely N-dealkylation sites (N-methyl/N-ethyl adjacent to an activating group) is 2. The first-order valence-corrected chi connectivity index (χ1v) is 15.0. The van der Waals surface area contributed by atoms with Gasteiger partial charge >= 0.3 is 0 Å². The molecule has 3 aromatic rings. The van der Waals surface area contributed by atoms with E-state index in [0.717, 1.165) is 39.3 Å². The summed E-state index contributed by atoms with van der Waals surface area (Å²) in [6.07, 6.45) is 0. The van der Waals surface area contributed by atoms with Crippen LogP contribution < -0.4 is 29.5 Å². The maximum absolute atomic E-state index is 11.1.